The van der Waals surface area contributed by atoms with Crippen LogP contribution in [0.3, 0.4) is 0 Å². The molecule has 200 valence electrons. The zero-order valence-corrected chi connectivity index (χ0v) is 21.8. The maximum Gasteiger partial charge on any atom is 0.224 e. The molecular formula is C26H37N7O4. The Hall–Kier alpha value is -3.12. The summed E-state index contributed by atoms with van der Waals surface area (Å²) in [6, 6.07) is 7.97. The van der Waals surface area contributed by atoms with Crippen LogP contribution in [0.5, 0.6) is 0 Å². The number of carbonyl (C=O) groups excluding carboxylic acids is 1. The highest BCUT2D eigenvalue weighted by Gasteiger charge is 2.44. The standard InChI is InChI=1S/C26H37N7O4/c1-26(2,3)16-8-10-17(11-9-16)31-19(34)7-5-6-12-32(4)13-18-21(35)22(36)25(37-18)33-15-30-20-23(27)28-14-29-24(20)33/h8-11,14-15,18,21-22,25,35-36H,5-7,12-13H2,1-4H3,(H,31,34)(H2,27,28,29)/t18-,21?,22?,25-/m1/s1. The number of rotatable bonds is 9. The normalized spacial score (nSPS) is 22.1. The summed E-state index contributed by atoms with van der Waals surface area (Å²) < 4.78 is 7.57. The third kappa shape index (κ3) is 6.24. The van der Waals surface area contributed by atoms with Crippen molar-refractivity contribution in [3.8, 4) is 0 Å². The third-order valence-electron chi connectivity index (χ3n) is 6.72. The number of nitrogen functional groups attached to an aromatic ring is 1. The number of carbonyl (C=O) groups is 1. The monoisotopic (exact) mass is 511 g/mol. The fourth-order valence-corrected chi connectivity index (χ4v) is 4.51. The van der Waals surface area contributed by atoms with Crippen LogP contribution in [0, 0.1) is 0 Å². The Kier molecular flexibility index (Phi) is 8.08. The lowest BCUT2D eigenvalue weighted by Crippen LogP contribution is -2.38. The number of aliphatic hydroxyl groups is 2. The molecule has 4 rings (SSSR count). The second-order valence-electron chi connectivity index (χ2n) is 10.7. The van der Waals surface area contributed by atoms with Crippen LogP contribution in [-0.4, -0.2) is 79.0 Å². The van der Waals surface area contributed by atoms with Crippen molar-refractivity contribution in [1.29, 1.82) is 0 Å². The first-order chi connectivity index (χ1) is 17.5. The number of fused-ring (bicyclic) bond motifs is 1. The van der Waals surface area contributed by atoms with Gasteiger partial charge in [-0.05, 0) is 49.5 Å². The van der Waals surface area contributed by atoms with Gasteiger partial charge in [0.05, 0.1) is 6.33 Å². The number of unbranched alkanes of at least 4 members (excludes halogenated alkanes) is 1. The minimum atomic E-state index is -1.15. The summed E-state index contributed by atoms with van der Waals surface area (Å²) in [4.78, 5) is 26.7. The number of ether oxygens (including phenoxy) is 1. The van der Waals surface area contributed by atoms with Gasteiger partial charge in [0.1, 0.15) is 30.2 Å². The first-order valence-corrected chi connectivity index (χ1v) is 12.6. The van der Waals surface area contributed by atoms with Gasteiger partial charge in [-0.3, -0.25) is 9.36 Å². The van der Waals surface area contributed by atoms with Crippen LogP contribution in [0.15, 0.2) is 36.9 Å². The molecular weight excluding hydrogens is 474 g/mol. The lowest BCUT2D eigenvalue weighted by atomic mass is 9.87. The molecule has 1 fully saturated rings. The summed E-state index contributed by atoms with van der Waals surface area (Å²) in [5, 5.41) is 24.2. The molecule has 0 radical (unpaired) electrons. The molecule has 0 aliphatic carbocycles. The van der Waals surface area contributed by atoms with Gasteiger partial charge in [-0.25, -0.2) is 15.0 Å². The number of aromatic nitrogens is 4. The van der Waals surface area contributed by atoms with E-state index in [9.17, 15) is 15.0 Å². The molecule has 5 N–H and O–H groups in total. The SMILES string of the molecule is CN(CCCCC(=O)Nc1ccc(C(C)(C)C)cc1)C[C@H]1O[C@@H](n2cnc3c(N)ncnc32)C(O)C1O. The van der Waals surface area contributed by atoms with Crippen LogP contribution in [0.4, 0.5) is 11.5 Å². The summed E-state index contributed by atoms with van der Waals surface area (Å²) in [5.41, 5.74) is 8.79. The molecule has 2 aromatic heterocycles. The number of likely N-dealkylation sites (N-methyl/N-ethyl adjacent to an activating group) is 1. The van der Waals surface area contributed by atoms with Crippen molar-refractivity contribution in [3.63, 3.8) is 0 Å². The number of hydrogen-bond acceptors (Lipinski definition) is 9. The smallest absolute Gasteiger partial charge is 0.224 e. The lowest BCUT2D eigenvalue weighted by molar-refractivity contribution is -0.116. The van der Waals surface area contributed by atoms with Crippen LogP contribution in [0.2, 0.25) is 0 Å². The predicted octanol–water partition coefficient (Wildman–Crippen LogP) is 2.07. The number of nitrogens with two attached hydrogens (primary N) is 1. The molecule has 11 heteroatoms. The number of anilines is 2. The maximum absolute atomic E-state index is 12.3. The average molecular weight is 512 g/mol. The van der Waals surface area contributed by atoms with E-state index in [0.717, 1.165) is 25.1 Å². The third-order valence-corrected chi connectivity index (χ3v) is 6.72. The van der Waals surface area contributed by atoms with Crippen molar-refractivity contribution < 1.29 is 19.7 Å². The van der Waals surface area contributed by atoms with Crippen LogP contribution < -0.4 is 11.1 Å². The molecule has 0 spiro atoms. The lowest BCUT2D eigenvalue weighted by Gasteiger charge is -2.22. The highest BCUT2D eigenvalue weighted by Crippen LogP contribution is 2.32. The second kappa shape index (κ2) is 11.1. The van der Waals surface area contributed by atoms with Gasteiger partial charge in [0.15, 0.2) is 17.7 Å². The summed E-state index contributed by atoms with van der Waals surface area (Å²) in [6.45, 7) is 7.62. The van der Waals surface area contributed by atoms with Gasteiger partial charge < -0.3 is 30.9 Å². The van der Waals surface area contributed by atoms with Crippen molar-refractivity contribution in [2.24, 2.45) is 0 Å². The minimum absolute atomic E-state index is 0.0105. The van der Waals surface area contributed by atoms with Gasteiger partial charge in [0.25, 0.3) is 0 Å². The second-order valence-corrected chi connectivity index (χ2v) is 10.7. The molecule has 1 aromatic carbocycles. The largest absolute Gasteiger partial charge is 0.387 e. The fraction of sp³-hybridized carbons (Fsp3) is 0.538. The van der Waals surface area contributed by atoms with Crippen molar-refractivity contribution in [2.75, 3.05) is 31.2 Å². The topological polar surface area (TPSA) is 152 Å². The van der Waals surface area contributed by atoms with Gasteiger partial charge >= 0.3 is 0 Å². The Bertz CT molecular complexity index is 1210. The Morgan fingerprint density at radius 1 is 1.14 bits per heavy atom. The number of nitrogens with one attached hydrogen (secondary N) is 1. The van der Waals surface area contributed by atoms with E-state index in [0.29, 0.717) is 24.1 Å². The van der Waals surface area contributed by atoms with E-state index in [1.807, 2.05) is 36.2 Å². The van der Waals surface area contributed by atoms with Crippen molar-refractivity contribution >= 4 is 28.6 Å². The fourth-order valence-electron chi connectivity index (χ4n) is 4.51. The molecule has 37 heavy (non-hydrogen) atoms. The predicted molar refractivity (Wildman–Crippen MR) is 141 cm³/mol. The molecule has 4 atom stereocenters. The molecule has 1 aliphatic heterocycles. The molecule has 0 saturated carbocycles. The summed E-state index contributed by atoms with van der Waals surface area (Å²) in [6.07, 6.45) is 1.12. The zero-order chi connectivity index (χ0) is 26.7. The highest BCUT2D eigenvalue weighted by atomic mass is 16.6. The minimum Gasteiger partial charge on any atom is -0.387 e. The molecule has 11 nitrogen and oxygen atoms in total. The van der Waals surface area contributed by atoms with Crippen LogP contribution in [-0.2, 0) is 14.9 Å². The molecule has 2 unspecified atom stereocenters. The summed E-state index contributed by atoms with van der Waals surface area (Å²) >= 11 is 0. The van der Waals surface area contributed by atoms with Gasteiger partial charge in [0, 0.05) is 18.7 Å². The number of amides is 1. The quantitative estimate of drug-likeness (QED) is 0.316. The summed E-state index contributed by atoms with van der Waals surface area (Å²) in [7, 11) is 1.92. The Labute approximate surface area is 216 Å². The molecule has 1 amide bonds. The molecule has 1 aliphatic rings. The molecule has 3 aromatic rings. The number of nitrogens with zero attached hydrogens (tertiary/aromatic N) is 5. The highest BCUT2D eigenvalue weighted by molar-refractivity contribution is 5.90. The van der Waals surface area contributed by atoms with Gasteiger partial charge in [-0.15, -0.1) is 0 Å². The molecule has 0 bridgehead atoms. The Morgan fingerprint density at radius 3 is 2.57 bits per heavy atom. The zero-order valence-electron chi connectivity index (χ0n) is 21.8. The van der Waals surface area contributed by atoms with E-state index < -0.39 is 24.5 Å². The van der Waals surface area contributed by atoms with Crippen LogP contribution >= 0.6 is 0 Å². The van der Waals surface area contributed by atoms with Crippen molar-refractivity contribution in [1.82, 2.24) is 24.4 Å². The van der Waals surface area contributed by atoms with E-state index in [2.05, 4.69) is 41.0 Å². The number of aliphatic hydroxyl groups excluding tert-OH is 2. The first-order valence-electron chi connectivity index (χ1n) is 12.6. The number of benzene rings is 1. The van der Waals surface area contributed by atoms with Crippen molar-refractivity contribution in [3.05, 3.63) is 42.5 Å². The van der Waals surface area contributed by atoms with E-state index in [-0.39, 0.29) is 17.1 Å². The van der Waals surface area contributed by atoms with E-state index in [1.165, 1.54) is 18.2 Å². The van der Waals surface area contributed by atoms with E-state index in [1.54, 1.807) is 4.57 Å². The first kappa shape index (κ1) is 26.9. The van der Waals surface area contributed by atoms with E-state index >= 15 is 0 Å². The van der Waals surface area contributed by atoms with Gasteiger partial charge in [-0.1, -0.05) is 32.9 Å². The number of imidazole rings is 1. The van der Waals surface area contributed by atoms with Gasteiger partial charge in [0.2, 0.25) is 5.91 Å². The van der Waals surface area contributed by atoms with Crippen LogP contribution in [0.1, 0.15) is 51.8 Å². The Balaban J connectivity index is 1.21. The Morgan fingerprint density at radius 2 is 1.86 bits per heavy atom. The van der Waals surface area contributed by atoms with E-state index in [4.69, 9.17) is 10.5 Å². The molecule has 1 saturated heterocycles. The van der Waals surface area contributed by atoms with Crippen LogP contribution in [0.25, 0.3) is 11.2 Å². The maximum atomic E-state index is 12.3. The summed E-state index contributed by atoms with van der Waals surface area (Å²) in [5.74, 6) is 0.226. The number of hydrogen-bond donors (Lipinski definition) is 4. The molecule has 3 heterocycles. The average Bonchev–Trinajstić information content (AvgIpc) is 3.39. The van der Waals surface area contributed by atoms with Crippen molar-refractivity contribution in [2.45, 2.75) is 70.0 Å². The van der Waals surface area contributed by atoms with Gasteiger partial charge in [-0.2, -0.15) is 0 Å².